The molecule has 3 aliphatic heterocycles. The molecule has 0 radical (unpaired) electrons. The number of pyridine rings is 1. The third-order valence-electron chi connectivity index (χ3n) is 9.61. The normalized spacial score (nSPS) is 21.6. The van der Waals surface area contributed by atoms with Crippen LogP contribution in [0.1, 0.15) is 73.3 Å². The molecule has 2 aromatic carbocycles. The number of amides is 1. The van der Waals surface area contributed by atoms with E-state index in [0.29, 0.717) is 13.0 Å². The molecule has 0 spiro atoms. The van der Waals surface area contributed by atoms with Gasteiger partial charge in [0.25, 0.3) is 0 Å². The first-order valence-corrected chi connectivity index (χ1v) is 18.0. The minimum Gasteiger partial charge on any atom is -0.472 e. The van der Waals surface area contributed by atoms with Gasteiger partial charge in [0.05, 0.1) is 30.6 Å². The van der Waals surface area contributed by atoms with Gasteiger partial charge in [0.15, 0.2) is 0 Å². The van der Waals surface area contributed by atoms with Gasteiger partial charge in [0.2, 0.25) is 21.8 Å². The molecule has 1 aromatic heterocycles. The molecule has 3 aliphatic rings. The lowest BCUT2D eigenvalue weighted by atomic mass is 9.83. The van der Waals surface area contributed by atoms with Crippen LogP contribution in [0.3, 0.4) is 0 Å². The fraction of sp³-hybridized carbons (Fsp3) is 0.486. The third-order valence-corrected chi connectivity index (χ3v) is 11.4. The van der Waals surface area contributed by atoms with Crippen LogP contribution in [0.4, 0.5) is 11.4 Å². The molecule has 0 bridgehead atoms. The first-order valence-electron chi connectivity index (χ1n) is 16.6. The summed E-state index contributed by atoms with van der Waals surface area (Å²) >= 11 is 0. The molecule has 4 heterocycles. The molecule has 1 unspecified atom stereocenters. The number of sulfonamides is 1. The van der Waals surface area contributed by atoms with Crippen molar-refractivity contribution < 1.29 is 22.7 Å². The van der Waals surface area contributed by atoms with Gasteiger partial charge >= 0.3 is 0 Å². The number of fused-ring (bicyclic) bond motifs is 2. The molecule has 3 aromatic rings. The van der Waals surface area contributed by atoms with Crippen LogP contribution >= 0.6 is 0 Å². The molecule has 0 aliphatic carbocycles. The van der Waals surface area contributed by atoms with Crippen LogP contribution < -0.4 is 20.5 Å². The highest BCUT2D eigenvalue weighted by molar-refractivity contribution is 7.89. The number of nitrogens with one attached hydrogen (secondary N) is 2. The number of aromatic nitrogens is 1. The van der Waals surface area contributed by atoms with E-state index in [1.807, 2.05) is 32.1 Å². The third kappa shape index (κ3) is 6.69. The Balaban J connectivity index is 1.37. The highest BCUT2D eigenvalue weighted by Crippen LogP contribution is 2.42. The van der Waals surface area contributed by atoms with Crippen LogP contribution in [0.2, 0.25) is 0 Å². The number of anilines is 2. The fourth-order valence-electron chi connectivity index (χ4n) is 6.90. The van der Waals surface area contributed by atoms with Crippen LogP contribution in [0, 0.1) is 13.8 Å². The van der Waals surface area contributed by atoms with Gasteiger partial charge in [-0.3, -0.25) is 15.2 Å². The van der Waals surface area contributed by atoms with E-state index in [-0.39, 0.29) is 54.3 Å². The van der Waals surface area contributed by atoms with E-state index in [9.17, 15) is 13.2 Å². The van der Waals surface area contributed by atoms with Gasteiger partial charge in [-0.05, 0) is 86.1 Å². The summed E-state index contributed by atoms with van der Waals surface area (Å²) in [6, 6.07) is 13.6. The Bertz CT molecular complexity index is 1730. The lowest BCUT2D eigenvalue weighted by molar-refractivity contribution is -0.122. The average Bonchev–Trinajstić information content (AvgIpc) is 3.35. The van der Waals surface area contributed by atoms with Gasteiger partial charge in [-0.2, -0.15) is 4.31 Å². The smallest absolute Gasteiger partial charge is 0.248 e. The van der Waals surface area contributed by atoms with Crippen LogP contribution in [-0.2, 0) is 26.1 Å². The summed E-state index contributed by atoms with van der Waals surface area (Å²) in [4.78, 5) is 18.0. The lowest BCUT2D eigenvalue weighted by Gasteiger charge is -2.27. The number of carbonyl (C=O) groups excluding carboxylic acids is 1. The van der Waals surface area contributed by atoms with Crippen molar-refractivity contribution in [2.75, 3.05) is 43.8 Å². The Morgan fingerprint density at radius 2 is 2.00 bits per heavy atom. The maximum absolute atomic E-state index is 13.9. The molecular formula is C35H46N6O5S. The Kier molecular flexibility index (Phi) is 9.75. The van der Waals surface area contributed by atoms with Crippen molar-refractivity contribution in [3.63, 3.8) is 0 Å². The van der Waals surface area contributed by atoms with Crippen LogP contribution in [0.5, 0.6) is 5.88 Å². The van der Waals surface area contributed by atoms with Crippen molar-refractivity contribution in [2.45, 2.75) is 82.9 Å². The van der Waals surface area contributed by atoms with E-state index >= 15 is 0 Å². The van der Waals surface area contributed by atoms with Gasteiger partial charge in [0.1, 0.15) is 11.0 Å². The van der Waals surface area contributed by atoms with Crippen LogP contribution in [0.15, 0.2) is 53.6 Å². The van der Waals surface area contributed by atoms with Crippen molar-refractivity contribution in [1.29, 1.82) is 0 Å². The molecule has 0 saturated carbocycles. The van der Waals surface area contributed by atoms with Gasteiger partial charge in [-0.15, -0.1) is 5.12 Å². The maximum atomic E-state index is 13.9. The van der Waals surface area contributed by atoms with E-state index in [1.165, 1.54) is 4.31 Å². The molecule has 12 heteroatoms. The number of hydrogen-bond donors (Lipinski definition) is 2. The van der Waals surface area contributed by atoms with Gasteiger partial charge < -0.3 is 14.8 Å². The monoisotopic (exact) mass is 662 g/mol. The van der Waals surface area contributed by atoms with E-state index in [4.69, 9.17) is 9.47 Å². The second-order valence-corrected chi connectivity index (χ2v) is 14.6. The van der Waals surface area contributed by atoms with Crippen LogP contribution in [-0.4, -0.2) is 74.2 Å². The summed E-state index contributed by atoms with van der Waals surface area (Å²) in [5, 5.41) is 7.37. The zero-order valence-electron chi connectivity index (χ0n) is 28.0. The number of rotatable bonds is 9. The number of benzene rings is 2. The molecule has 11 nitrogen and oxygen atoms in total. The standard InChI is InChI=1S/C35H46N6O5S/c1-6-28-21-40(47(43,44)32-11-8-16-36-35(32)46-28)20-26-18-25(13-12-23(26)3)30(19-33(42)37-27-10-9-17-45-22-27)29-14-15-31-34(24(29)4)38-39(5)41(31)7-2/h8,11-16,18,27-28,30,38H,6-7,9-10,17,19-22H2,1-5H3,(H,37,42)/t27?,28-,30+/m1/s1. The summed E-state index contributed by atoms with van der Waals surface area (Å²) in [5.74, 6) is -0.144. The first-order chi connectivity index (χ1) is 22.6. The number of aryl methyl sites for hydroxylation is 1. The number of ether oxygens (including phenoxy) is 2. The Morgan fingerprint density at radius 3 is 2.74 bits per heavy atom. The maximum Gasteiger partial charge on any atom is 0.248 e. The summed E-state index contributed by atoms with van der Waals surface area (Å²) in [5.41, 5.74) is 10.6. The first kappa shape index (κ1) is 33.2. The molecule has 252 valence electrons. The van der Waals surface area contributed by atoms with E-state index < -0.39 is 10.0 Å². The highest BCUT2D eigenvalue weighted by Gasteiger charge is 2.36. The predicted molar refractivity (Wildman–Crippen MR) is 182 cm³/mol. The van der Waals surface area contributed by atoms with E-state index in [0.717, 1.165) is 65.2 Å². The van der Waals surface area contributed by atoms with E-state index in [1.54, 1.807) is 18.3 Å². The minimum atomic E-state index is -3.87. The Morgan fingerprint density at radius 1 is 1.17 bits per heavy atom. The molecule has 6 rings (SSSR count). The van der Waals surface area contributed by atoms with Gasteiger partial charge in [-0.25, -0.2) is 13.4 Å². The molecular weight excluding hydrogens is 616 g/mol. The molecule has 47 heavy (non-hydrogen) atoms. The fourth-order valence-corrected chi connectivity index (χ4v) is 8.42. The van der Waals surface area contributed by atoms with Crippen molar-refractivity contribution in [1.82, 2.24) is 19.7 Å². The number of hydrazine groups is 2. The van der Waals surface area contributed by atoms with Crippen LogP contribution in [0.25, 0.3) is 0 Å². The largest absolute Gasteiger partial charge is 0.472 e. The van der Waals surface area contributed by atoms with E-state index in [2.05, 4.69) is 58.8 Å². The second kappa shape index (κ2) is 13.8. The average molecular weight is 663 g/mol. The molecule has 1 saturated heterocycles. The quantitative estimate of drug-likeness (QED) is 0.331. The van der Waals surface area contributed by atoms with Gasteiger partial charge in [0, 0.05) is 45.3 Å². The van der Waals surface area contributed by atoms with Gasteiger partial charge in [-0.1, -0.05) is 31.2 Å². The van der Waals surface area contributed by atoms with Crippen molar-refractivity contribution >= 4 is 27.3 Å². The predicted octanol–water partition coefficient (Wildman–Crippen LogP) is 4.89. The molecule has 1 amide bonds. The minimum absolute atomic E-state index is 0.000587. The highest BCUT2D eigenvalue weighted by atomic mass is 32.2. The summed E-state index contributed by atoms with van der Waals surface area (Å²) in [7, 11) is -1.88. The van der Waals surface area contributed by atoms with Crippen molar-refractivity contribution in [2.24, 2.45) is 0 Å². The van der Waals surface area contributed by atoms with Crippen molar-refractivity contribution in [3.8, 4) is 5.88 Å². The number of hydrogen-bond acceptors (Lipinski definition) is 9. The summed E-state index contributed by atoms with van der Waals surface area (Å²) < 4.78 is 41.0. The number of nitrogens with zero attached hydrogens (tertiary/aromatic N) is 4. The Labute approximate surface area is 278 Å². The summed E-state index contributed by atoms with van der Waals surface area (Å²) in [6.45, 7) is 10.6. The second-order valence-electron chi connectivity index (χ2n) is 12.7. The van der Waals surface area contributed by atoms with Crippen molar-refractivity contribution in [3.05, 3.63) is 76.5 Å². The molecule has 1 fully saturated rings. The zero-order valence-corrected chi connectivity index (χ0v) is 28.8. The lowest BCUT2D eigenvalue weighted by Crippen LogP contribution is -2.41. The topological polar surface area (TPSA) is 116 Å². The molecule has 2 N–H and O–H groups in total. The molecule has 3 atom stereocenters. The zero-order chi connectivity index (χ0) is 33.3. The SMILES string of the molecule is CC[C@@H]1CN(Cc2cc([C@H](CC(=O)NC3CCCOC3)c3ccc4c(c3C)NN(C)N4CC)ccc2C)S(=O)(=O)c2cccnc2O1. The number of carbonyl (C=O) groups is 1. The Hall–Kier alpha value is -3.71. The summed E-state index contributed by atoms with van der Waals surface area (Å²) in [6.07, 6.45) is 3.94.